The van der Waals surface area contributed by atoms with Crippen molar-refractivity contribution in [3.05, 3.63) is 23.8 Å². The third-order valence-electron chi connectivity index (χ3n) is 2.47. The van der Waals surface area contributed by atoms with E-state index in [0.29, 0.717) is 5.92 Å². The van der Waals surface area contributed by atoms with Crippen LogP contribution < -0.4 is 0 Å². The van der Waals surface area contributed by atoms with Gasteiger partial charge in [0.15, 0.2) is 0 Å². The summed E-state index contributed by atoms with van der Waals surface area (Å²) in [6.45, 7) is 12.6. The van der Waals surface area contributed by atoms with Gasteiger partial charge in [-0.2, -0.15) is 0 Å². The molecule has 0 saturated heterocycles. The topological polar surface area (TPSA) is 0 Å². The SMILES string of the molecule is C=CC(C)CCCC(C)=C(C)C. The molecular formula is C12H22. The first-order valence-electron chi connectivity index (χ1n) is 4.83. The lowest BCUT2D eigenvalue weighted by atomic mass is 10.0. The second-order valence-electron chi connectivity index (χ2n) is 3.89. The standard InChI is InChI=1S/C12H22/c1-6-11(4)8-7-9-12(5)10(2)3/h6,11H,1,7-9H2,2-5H3. The third kappa shape index (κ3) is 5.17. The van der Waals surface area contributed by atoms with Crippen molar-refractivity contribution in [1.29, 1.82) is 0 Å². The second kappa shape index (κ2) is 6.05. The van der Waals surface area contributed by atoms with Crippen LogP contribution in [0.2, 0.25) is 0 Å². The molecule has 12 heavy (non-hydrogen) atoms. The van der Waals surface area contributed by atoms with Gasteiger partial charge in [0.05, 0.1) is 0 Å². The largest absolute Gasteiger partial charge is 0.103 e. The zero-order valence-corrected chi connectivity index (χ0v) is 8.98. The number of hydrogen-bond donors (Lipinski definition) is 0. The molecule has 0 amide bonds. The van der Waals surface area contributed by atoms with E-state index in [-0.39, 0.29) is 0 Å². The van der Waals surface area contributed by atoms with Crippen LogP contribution in [0, 0.1) is 5.92 Å². The fourth-order valence-electron chi connectivity index (χ4n) is 1.06. The van der Waals surface area contributed by atoms with Crippen LogP contribution in [0.5, 0.6) is 0 Å². The van der Waals surface area contributed by atoms with Crippen molar-refractivity contribution in [2.24, 2.45) is 5.92 Å². The Bertz CT molecular complexity index is 159. The van der Waals surface area contributed by atoms with Crippen LogP contribution in [0.3, 0.4) is 0 Å². The summed E-state index contributed by atoms with van der Waals surface area (Å²) in [6.07, 6.45) is 5.86. The Morgan fingerprint density at radius 2 is 1.92 bits per heavy atom. The highest BCUT2D eigenvalue weighted by molar-refractivity contribution is 5.06. The van der Waals surface area contributed by atoms with Crippen LogP contribution in [-0.2, 0) is 0 Å². The zero-order valence-electron chi connectivity index (χ0n) is 8.98. The Kier molecular flexibility index (Phi) is 5.79. The first kappa shape index (κ1) is 11.5. The minimum atomic E-state index is 0.676. The average molecular weight is 166 g/mol. The predicted octanol–water partition coefficient (Wildman–Crippen LogP) is 4.34. The number of allylic oxidation sites excluding steroid dienone is 3. The normalized spacial score (nSPS) is 12.3. The van der Waals surface area contributed by atoms with E-state index in [4.69, 9.17) is 0 Å². The highest BCUT2D eigenvalue weighted by Gasteiger charge is 1.97. The molecule has 0 N–H and O–H groups in total. The lowest BCUT2D eigenvalue weighted by molar-refractivity contribution is 0.604. The Hall–Kier alpha value is -0.520. The van der Waals surface area contributed by atoms with Gasteiger partial charge in [-0.3, -0.25) is 0 Å². The van der Waals surface area contributed by atoms with Crippen molar-refractivity contribution in [3.63, 3.8) is 0 Å². The molecule has 0 rings (SSSR count). The van der Waals surface area contributed by atoms with Crippen LogP contribution >= 0.6 is 0 Å². The molecular weight excluding hydrogens is 144 g/mol. The molecule has 0 bridgehead atoms. The Morgan fingerprint density at radius 1 is 1.33 bits per heavy atom. The van der Waals surface area contributed by atoms with Crippen LogP contribution in [-0.4, -0.2) is 0 Å². The Morgan fingerprint density at radius 3 is 2.33 bits per heavy atom. The molecule has 0 spiro atoms. The number of rotatable bonds is 5. The molecule has 0 radical (unpaired) electrons. The maximum Gasteiger partial charge on any atom is -0.0265 e. The fraction of sp³-hybridized carbons (Fsp3) is 0.667. The fourth-order valence-corrected chi connectivity index (χ4v) is 1.06. The quantitative estimate of drug-likeness (QED) is 0.533. The van der Waals surface area contributed by atoms with Crippen molar-refractivity contribution in [3.8, 4) is 0 Å². The first-order valence-corrected chi connectivity index (χ1v) is 4.83. The molecule has 0 aromatic rings. The molecule has 1 unspecified atom stereocenters. The molecule has 0 nitrogen and oxygen atoms in total. The van der Waals surface area contributed by atoms with E-state index in [1.165, 1.54) is 24.8 Å². The molecule has 0 aromatic carbocycles. The molecule has 1 atom stereocenters. The highest BCUT2D eigenvalue weighted by Crippen LogP contribution is 2.14. The molecule has 0 aliphatic rings. The van der Waals surface area contributed by atoms with Gasteiger partial charge < -0.3 is 0 Å². The van der Waals surface area contributed by atoms with Gasteiger partial charge in [-0.25, -0.2) is 0 Å². The smallest absolute Gasteiger partial charge is 0.0265 e. The molecule has 70 valence electrons. The summed E-state index contributed by atoms with van der Waals surface area (Å²) in [5.74, 6) is 0.676. The lowest BCUT2D eigenvalue weighted by Crippen LogP contribution is -1.90. The maximum atomic E-state index is 3.78. The number of hydrogen-bond acceptors (Lipinski definition) is 0. The molecule has 0 fully saturated rings. The van der Waals surface area contributed by atoms with Crippen molar-refractivity contribution < 1.29 is 0 Å². The summed E-state index contributed by atoms with van der Waals surface area (Å²) >= 11 is 0. The van der Waals surface area contributed by atoms with Crippen molar-refractivity contribution in [1.82, 2.24) is 0 Å². The summed E-state index contributed by atoms with van der Waals surface area (Å²) in [5.41, 5.74) is 3.02. The molecule has 0 heteroatoms. The van der Waals surface area contributed by atoms with Gasteiger partial charge in [0.1, 0.15) is 0 Å². The van der Waals surface area contributed by atoms with Crippen molar-refractivity contribution in [2.75, 3.05) is 0 Å². The lowest BCUT2D eigenvalue weighted by Gasteiger charge is -2.06. The van der Waals surface area contributed by atoms with Crippen LogP contribution in [0.25, 0.3) is 0 Å². The van der Waals surface area contributed by atoms with Gasteiger partial charge in [0.25, 0.3) is 0 Å². The summed E-state index contributed by atoms with van der Waals surface area (Å²) in [6, 6.07) is 0. The van der Waals surface area contributed by atoms with E-state index in [9.17, 15) is 0 Å². The second-order valence-corrected chi connectivity index (χ2v) is 3.89. The molecule has 0 saturated carbocycles. The van der Waals surface area contributed by atoms with E-state index in [2.05, 4.69) is 34.3 Å². The summed E-state index contributed by atoms with van der Waals surface area (Å²) < 4.78 is 0. The van der Waals surface area contributed by atoms with Gasteiger partial charge in [-0.15, -0.1) is 6.58 Å². The van der Waals surface area contributed by atoms with E-state index < -0.39 is 0 Å². The maximum absolute atomic E-state index is 3.78. The first-order chi connectivity index (χ1) is 5.57. The monoisotopic (exact) mass is 166 g/mol. The van der Waals surface area contributed by atoms with Crippen molar-refractivity contribution in [2.45, 2.75) is 47.0 Å². The van der Waals surface area contributed by atoms with Gasteiger partial charge in [-0.05, 0) is 46.0 Å². The van der Waals surface area contributed by atoms with Crippen LogP contribution in [0.1, 0.15) is 47.0 Å². The third-order valence-corrected chi connectivity index (χ3v) is 2.47. The van der Waals surface area contributed by atoms with Gasteiger partial charge >= 0.3 is 0 Å². The molecule has 0 aliphatic carbocycles. The van der Waals surface area contributed by atoms with E-state index in [1.807, 2.05) is 6.08 Å². The highest BCUT2D eigenvalue weighted by atomic mass is 14.0. The van der Waals surface area contributed by atoms with E-state index in [0.717, 1.165) is 0 Å². The zero-order chi connectivity index (χ0) is 9.56. The van der Waals surface area contributed by atoms with Crippen LogP contribution in [0.15, 0.2) is 23.8 Å². The Balaban J connectivity index is 3.57. The molecule has 0 heterocycles. The minimum absolute atomic E-state index is 0.676. The van der Waals surface area contributed by atoms with Crippen LogP contribution in [0.4, 0.5) is 0 Å². The van der Waals surface area contributed by atoms with Gasteiger partial charge in [-0.1, -0.05) is 24.1 Å². The molecule has 0 aliphatic heterocycles. The van der Waals surface area contributed by atoms with Gasteiger partial charge in [0, 0.05) is 0 Å². The minimum Gasteiger partial charge on any atom is -0.103 e. The van der Waals surface area contributed by atoms with Crippen molar-refractivity contribution >= 4 is 0 Å². The summed E-state index contributed by atoms with van der Waals surface area (Å²) in [4.78, 5) is 0. The van der Waals surface area contributed by atoms with Gasteiger partial charge in [0.2, 0.25) is 0 Å². The summed E-state index contributed by atoms with van der Waals surface area (Å²) in [7, 11) is 0. The van der Waals surface area contributed by atoms with E-state index >= 15 is 0 Å². The molecule has 0 aromatic heterocycles. The Labute approximate surface area is 77.4 Å². The van der Waals surface area contributed by atoms with E-state index in [1.54, 1.807) is 5.57 Å². The average Bonchev–Trinajstić information content (AvgIpc) is 2.03. The summed E-state index contributed by atoms with van der Waals surface area (Å²) in [5, 5.41) is 0. The predicted molar refractivity (Wildman–Crippen MR) is 57.3 cm³/mol.